The lowest BCUT2D eigenvalue weighted by Crippen LogP contribution is -2.54. The molecule has 0 spiro atoms. The fraction of sp³-hybridized carbons (Fsp3) is 0.421. The molecule has 4 heterocycles. The van der Waals surface area contributed by atoms with Crippen LogP contribution < -0.4 is 5.32 Å². The number of hydrogen-bond donors (Lipinski definition) is 3. The number of thioether (sulfide) groups is 1. The van der Waals surface area contributed by atoms with Gasteiger partial charge in [-0.3, -0.25) is 34.3 Å². The molecule has 0 bridgehead atoms. The molecule has 2 fully saturated rings. The van der Waals surface area contributed by atoms with Gasteiger partial charge in [0.25, 0.3) is 5.91 Å². The van der Waals surface area contributed by atoms with Crippen LogP contribution in [0.25, 0.3) is 0 Å². The summed E-state index contributed by atoms with van der Waals surface area (Å²) in [5, 5.41) is 22.1. The van der Waals surface area contributed by atoms with Crippen molar-refractivity contribution in [1.82, 2.24) is 10.2 Å². The van der Waals surface area contributed by atoms with E-state index >= 15 is 0 Å². The summed E-state index contributed by atoms with van der Waals surface area (Å²) < 4.78 is 39.0. The summed E-state index contributed by atoms with van der Waals surface area (Å²) >= 11 is 7.14. The van der Waals surface area contributed by atoms with Crippen LogP contribution in [0.2, 0.25) is 5.02 Å². The lowest BCUT2D eigenvalue weighted by atomic mass is 10.1. The highest BCUT2D eigenvalue weighted by Crippen LogP contribution is 2.56. The molecular formula is C19H19ClN5O9PS. The summed E-state index contributed by atoms with van der Waals surface area (Å²) in [6, 6.07) is 5.80. The highest BCUT2D eigenvalue weighted by molar-refractivity contribution is 8.13. The number of nitrogens with one attached hydrogen (secondary N) is 2. The number of hydrogen-bond acceptors (Lipinski definition) is 13. The fourth-order valence-corrected chi connectivity index (χ4v) is 6.11. The number of guanidine groups is 1. The van der Waals surface area contributed by atoms with Crippen molar-refractivity contribution in [3.63, 3.8) is 0 Å². The number of phosphoric acid groups is 1. The summed E-state index contributed by atoms with van der Waals surface area (Å²) in [5.41, 5.74) is 0. The highest BCUT2D eigenvalue weighted by Gasteiger charge is 2.57. The maximum atomic E-state index is 12.8. The topological polar surface area (TPSA) is 181 Å². The summed E-state index contributed by atoms with van der Waals surface area (Å²) in [7, 11) is -4.17. The van der Waals surface area contributed by atoms with E-state index in [2.05, 4.69) is 20.0 Å². The number of fused-ring (bicyclic) bond motifs is 2. The smallest absolute Gasteiger partial charge is 0.438 e. The van der Waals surface area contributed by atoms with Crippen molar-refractivity contribution in [3.05, 3.63) is 29.3 Å². The largest absolute Gasteiger partial charge is 0.478 e. The number of nitrogens with zero attached hydrogens (tertiary/aromatic N) is 3. The van der Waals surface area contributed by atoms with E-state index in [-0.39, 0.29) is 17.6 Å². The molecule has 2 saturated heterocycles. The normalized spacial score (nSPS) is 33.4. The molecule has 4 aliphatic heterocycles. The van der Waals surface area contributed by atoms with Crippen molar-refractivity contribution in [2.45, 2.75) is 42.4 Å². The Morgan fingerprint density at radius 1 is 1.42 bits per heavy atom. The Morgan fingerprint density at radius 3 is 2.89 bits per heavy atom. The third-order valence-electron chi connectivity index (χ3n) is 5.36. The minimum absolute atomic E-state index is 0.0816. The number of carbonyl (C=O) groups excluding carboxylic acids is 2. The fourth-order valence-electron chi connectivity index (χ4n) is 3.78. The molecule has 0 aliphatic carbocycles. The van der Waals surface area contributed by atoms with Gasteiger partial charge in [0.05, 0.1) is 6.61 Å². The summed E-state index contributed by atoms with van der Waals surface area (Å²) in [6.45, 7) is 0.225. The van der Waals surface area contributed by atoms with Crippen molar-refractivity contribution < 1.29 is 42.3 Å². The molecule has 1 aromatic carbocycles. The molecule has 1 amide bonds. The van der Waals surface area contributed by atoms with Crippen LogP contribution in [0.1, 0.15) is 6.92 Å². The highest BCUT2D eigenvalue weighted by atomic mass is 35.5. The number of amidine groups is 2. The minimum atomic E-state index is -4.17. The second-order valence-corrected chi connectivity index (χ2v) is 10.9. The van der Waals surface area contributed by atoms with Crippen LogP contribution >= 0.6 is 31.2 Å². The summed E-state index contributed by atoms with van der Waals surface area (Å²) in [5.74, 6) is -1.53. The number of carbonyl (C=O) groups is 2. The molecule has 6 atom stereocenters. The number of phosphoric ester groups is 1. The second kappa shape index (κ2) is 9.84. The zero-order valence-electron chi connectivity index (χ0n) is 18.4. The molecule has 0 aromatic heterocycles. The molecule has 192 valence electrons. The maximum Gasteiger partial charge on any atom is 0.478 e. The molecule has 14 nitrogen and oxygen atoms in total. The van der Waals surface area contributed by atoms with Crippen LogP contribution in [0.5, 0.6) is 0 Å². The van der Waals surface area contributed by atoms with Crippen LogP contribution in [0.4, 0.5) is 0 Å². The molecule has 5 rings (SSSR count). The molecule has 2 unspecified atom stereocenters. The maximum absolute atomic E-state index is 12.8. The molecule has 36 heavy (non-hydrogen) atoms. The van der Waals surface area contributed by atoms with Gasteiger partial charge in [0.1, 0.15) is 18.3 Å². The SMILES string of the molecule is CC(=O)OCOP1(=O)OC[C@@H]2O[C@@H](N3C(Sc4ccc(Cl)cc4)=NC4C(=O)NC(=N)N=C43)[C@H](O)[C@@H]2O1. The van der Waals surface area contributed by atoms with Gasteiger partial charge in [-0.05, 0) is 24.3 Å². The van der Waals surface area contributed by atoms with E-state index in [9.17, 15) is 19.3 Å². The zero-order chi connectivity index (χ0) is 25.6. The zero-order valence-corrected chi connectivity index (χ0v) is 20.9. The Labute approximate surface area is 213 Å². The van der Waals surface area contributed by atoms with Gasteiger partial charge in [0.15, 0.2) is 23.3 Å². The van der Waals surface area contributed by atoms with E-state index in [1.165, 1.54) is 16.7 Å². The first-order chi connectivity index (χ1) is 17.1. The van der Waals surface area contributed by atoms with Crippen LogP contribution in [-0.2, 0) is 37.2 Å². The van der Waals surface area contributed by atoms with Crippen molar-refractivity contribution in [1.29, 1.82) is 5.41 Å². The van der Waals surface area contributed by atoms with E-state index in [4.69, 9.17) is 35.3 Å². The second-order valence-electron chi connectivity index (χ2n) is 7.80. The number of ether oxygens (including phenoxy) is 2. The van der Waals surface area contributed by atoms with E-state index in [1.54, 1.807) is 24.3 Å². The summed E-state index contributed by atoms with van der Waals surface area (Å²) in [4.78, 5) is 34.2. The first-order valence-electron chi connectivity index (χ1n) is 10.5. The Morgan fingerprint density at radius 2 is 2.17 bits per heavy atom. The van der Waals surface area contributed by atoms with E-state index in [0.29, 0.717) is 5.02 Å². The van der Waals surface area contributed by atoms with Crippen LogP contribution in [0, 0.1) is 5.41 Å². The third kappa shape index (κ3) is 4.93. The lowest BCUT2D eigenvalue weighted by molar-refractivity contribution is -0.150. The number of rotatable bonds is 5. The quantitative estimate of drug-likeness (QED) is 0.267. The van der Waals surface area contributed by atoms with E-state index in [1.807, 2.05) is 0 Å². The Bertz CT molecular complexity index is 1210. The summed E-state index contributed by atoms with van der Waals surface area (Å²) in [6.07, 6.45) is -4.60. The molecule has 17 heteroatoms. The van der Waals surface area contributed by atoms with Crippen molar-refractivity contribution >= 4 is 60.0 Å². The number of amides is 1. The number of halogens is 1. The van der Waals surface area contributed by atoms with Gasteiger partial charge in [-0.2, -0.15) is 4.99 Å². The molecular weight excluding hydrogens is 541 g/mol. The van der Waals surface area contributed by atoms with Crippen molar-refractivity contribution in [3.8, 4) is 0 Å². The van der Waals surface area contributed by atoms with Crippen LogP contribution in [-0.4, -0.2) is 82.8 Å². The lowest BCUT2D eigenvalue weighted by Gasteiger charge is -2.31. The molecule has 3 N–H and O–H groups in total. The van der Waals surface area contributed by atoms with Gasteiger partial charge >= 0.3 is 13.8 Å². The molecule has 1 aromatic rings. The molecule has 0 radical (unpaired) electrons. The first kappa shape index (κ1) is 25.3. The number of esters is 1. The third-order valence-corrected chi connectivity index (χ3v) is 7.99. The van der Waals surface area contributed by atoms with Crippen LogP contribution in [0.3, 0.4) is 0 Å². The van der Waals surface area contributed by atoms with Gasteiger partial charge in [0, 0.05) is 16.8 Å². The average Bonchev–Trinajstić information content (AvgIpc) is 3.32. The van der Waals surface area contributed by atoms with Gasteiger partial charge in [0.2, 0.25) is 12.8 Å². The van der Waals surface area contributed by atoms with Gasteiger partial charge in [-0.15, -0.1) is 0 Å². The minimum Gasteiger partial charge on any atom is -0.438 e. The predicted octanol–water partition coefficient (Wildman–Crippen LogP) is 1.08. The van der Waals surface area contributed by atoms with Crippen molar-refractivity contribution in [2.75, 3.05) is 13.4 Å². The number of aliphatic hydroxyl groups is 1. The van der Waals surface area contributed by atoms with Gasteiger partial charge < -0.3 is 14.6 Å². The van der Waals surface area contributed by atoms with Crippen LogP contribution in [0.15, 0.2) is 39.1 Å². The Hall–Kier alpha value is -2.36. The first-order valence-corrected chi connectivity index (χ1v) is 13.1. The number of aliphatic imine (C=N–C) groups is 2. The van der Waals surface area contributed by atoms with Gasteiger partial charge in [-0.1, -0.05) is 23.4 Å². The van der Waals surface area contributed by atoms with E-state index in [0.717, 1.165) is 11.8 Å². The number of aliphatic hydroxyl groups excluding tert-OH is 1. The number of benzene rings is 1. The van der Waals surface area contributed by atoms with Crippen molar-refractivity contribution in [2.24, 2.45) is 9.98 Å². The Kier molecular flexibility index (Phi) is 6.91. The van der Waals surface area contributed by atoms with Gasteiger partial charge in [-0.25, -0.2) is 14.1 Å². The predicted molar refractivity (Wildman–Crippen MR) is 124 cm³/mol. The van der Waals surface area contributed by atoms with E-state index < -0.39 is 63.0 Å². The monoisotopic (exact) mass is 559 g/mol. The Balaban J connectivity index is 1.40. The molecule has 4 aliphatic rings. The average molecular weight is 560 g/mol. The standard InChI is InChI=1S/C19H19ClN5O9PS/c1-8(26)30-7-32-35(29)31-6-11-14(34-35)13(27)17(33-11)25-15-12(16(28)24-18(21)23-15)22-19(25)36-10-4-2-9(20)3-5-10/h2-5,11-14,17,27H,6-7H2,1H3,(H2,21,24,28)/t11-,12?,13+,14+,17+,35?/m0/s1. The molecule has 0 saturated carbocycles.